The third-order valence-electron chi connectivity index (χ3n) is 4.87. The Morgan fingerprint density at radius 3 is 2.14 bits per heavy atom. The van der Waals surface area contributed by atoms with E-state index in [9.17, 15) is 19.2 Å². The molecule has 0 N–H and O–H groups in total. The average molecular weight is 510 g/mol. The Kier molecular flexibility index (Phi) is 8.47. The van der Waals surface area contributed by atoms with Crippen molar-refractivity contribution in [2.75, 3.05) is 6.61 Å². The monoisotopic (exact) mass is 509 g/mol. The molecule has 0 amide bonds. The average Bonchev–Trinajstić information content (AvgIpc) is 2.77. The highest BCUT2D eigenvalue weighted by atomic mass is 35.5. The van der Waals surface area contributed by atoms with E-state index in [1.807, 2.05) is 0 Å². The zero-order valence-corrected chi connectivity index (χ0v) is 20.1. The molecule has 12 heteroatoms. The number of carbonyl (C=O) groups is 4. The van der Waals surface area contributed by atoms with Crippen molar-refractivity contribution in [1.29, 1.82) is 0 Å². The Labute approximate surface area is 205 Å². The van der Waals surface area contributed by atoms with Crippen LogP contribution < -0.4 is 4.74 Å². The minimum Gasteiger partial charge on any atom is -0.463 e. The molecule has 11 nitrogen and oxygen atoms in total. The first-order valence-electron chi connectivity index (χ1n) is 10.6. The third kappa shape index (κ3) is 6.58. The number of esters is 4. The maximum atomic E-state index is 11.9. The second-order valence-electron chi connectivity index (χ2n) is 7.63. The Morgan fingerprint density at radius 1 is 0.886 bits per heavy atom. The van der Waals surface area contributed by atoms with E-state index in [-0.39, 0.29) is 12.4 Å². The fourth-order valence-electron chi connectivity index (χ4n) is 3.62. The van der Waals surface area contributed by atoms with Crippen LogP contribution in [0.2, 0.25) is 5.02 Å². The molecular formula is C23H24ClNO10. The summed E-state index contributed by atoms with van der Waals surface area (Å²) in [6.07, 6.45) is -4.94. The number of pyridine rings is 1. The lowest BCUT2D eigenvalue weighted by molar-refractivity contribution is -0.288. The fourth-order valence-corrected chi connectivity index (χ4v) is 3.83. The Balaban J connectivity index is 2.05. The van der Waals surface area contributed by atoms with Gasteiger partial charge in [-0.25, -0.2) is 0 Å². The van der Waals surface area contributed by atoms with Crippen LogP contribution in [0.1, 0.15) is 27.7 Å². The molecule has 2 aromatic rings. The number of nitrogens with zero attached hydrogens (tertiary/aromatic N) is 1. The van der Waals surface area contributed by atoms with Crippen LogP contribution in [0.5, 0.6) is 5.75 Å². The summed E-state index contributed by atoms with van der Waals surface area (Å²) in [5.41, 5.74) is 0.396. The third-order valence-corrected chi connectivity index (χ3v) is 5.20. The number of halogens is 1. The van der Waals surface area contributed by atoms with E-state index in [2.05, 4.69) is 4.98 Å². The van der Waals surface area contributed by atoms with E-state index in [1.54, 1.807) is 30.5 Å². The molecule has 0 unspecified atom stereocenters. The van der Waals surface area contributed by atoms with E-state index in [4.69, 9.17) is 40.0 Å². The van der Waals surface area contributed by atoms with Crippen molar-refractivity contribution in [2.45, 2.75) is 58.4 Å². The van der Waals surface area contributed by atoms with Gasteiger partial charge in [0.15, 0.2) is 12.2 Å². The summed E-state index contributed by atoms with van der Waals surface area (Å²) in [4.78, 5) is 51.4. The standard InChI is InChI=1S/C23H24ClNO10/c1-11(26)30-10-18-20(31-12(2)27)21(32-13(3)28)22(33-14(4)29)23(35-18)34-17-8-7-16(24)15-6-5-9-25-19(15)17/h5-9,18,20-23H,10H2,1-4H3/t18-,20-,21+,22-,23-/m1/s1. The predicted molar refractivity (Wildman–Crippen MR) is 119 cm³/mol. The topological polar surface area (TPSA) is 137 Å². The van der Waals surface area contributed by atoms with Crippen LogP contribution in [0.15, 0.2) is 30.5 Å². The molecule has 0 spiro atoms. The van der Waals surface area contributed by atoms with Crippen LogP contribution in [-0.2, 0) is 42.9 Å². The van der Waals surface area contributed by atoms with Gasteiger partial charge < -0.3 is 28.4 Å². The number of carbonyl (C=O) groups excluding carboxylic acids is 4. The van der Waals surface area contributed by atoms with Gasteiger partial charge in [0.25, 0.3) is 0 Å². The van der Waals surface area contributed by atoms with Crippen LogP contribution >= 0.6 is 11.6 Å². The van der Waals surface area contributed by atoms with E-state index in [1.165, 1.54) is 6.92 Å². The summed E-state index contributed by atoms with van der Waals surface area (Å²) in [6.45, 7) is 4.25. The molecule has 1 aromatic carbocycles. The molecule has 5 atom stereocenters. The molecule has 0 aliphatic carbocycles. The van der Waals surface area contributed by atoms with Gasteiger partial charge in [0.1, 0.15) is 24.0 Å². The second kappa shape index (κ2) is 11.3. The van der Waals surface area contributed by atoms with Crippen molar-refractivity contribution in [3.63, 3.8) is 0 Å². The predicted octanol–water partition coefficient (Wildman–Crippen LogP) is 2.35. The maximum Gasteiger partial charge on any atom is 0.303 e. The molecular weight excluding hydrogens is 486 g/mol. The van der Waals surface area contributed by atoms with Crippen molar-refractivity contribution in [2.24, 2.45) is 0 Å². The zero-order valence-electron chi connectivity index (χ0n) is 19.4. The number of fused-ring (bicyclic) bond motifs is 1. The van der Waals surface area contributed by atoms with Crippen LogP contribution in [0.25, 0.3) is 10.9 Å². The van der Waals surface area contributed by atoms with Crippen molar-refractivity contribution in [3.05, 3.63) is 35.5 Å². The lowest BCUT2D eigenvalue weighted by atomic mass is 9.98. The molecule has 1 fully saturated rings. The molecule has 0 bridgehead atoms. The van der Waals surface area contributed by atoms with Gasteiger partial charge in [-0.1, -0.05) is 11.6 Å². The number of hydrogen-bond acceptors (Lipinski definition) is 11. The summed E-state index contributed by atoms with van der Waals surface area (Å²) >= 11 is 6.26. The number of rotatable bonds is 7. The molecule has 1 aliphatic rings. The lowest BCUT2D eigenvalue weighted by Gasteiger charge is -2.43. The normalized spacial score (nSPS) is 23.7. The van der Waals surface area contributed by atoms with Crippen molar-refractivity contribution < 1.29 is 47.6 Å². The first-order chi connectivity index (χ1) is 16.6. The Hall–Kier alpha value is -3.44. The quantitative estimate of drug-likeness (QED) is 0.401. The summed E-state index contributed by atoms with van der Waals surface area (Å²) < 4.78 is 33.2. The first kappa shape index (κ1) is 26.2. The molecule has 1 saturated heterocycles. The largest absolute Gasteiger partial charge is 0.463 e. The highest BCUT2D eigenvalue weighted by Crippen LogP contribution is 2.34. The molecule has 35 heavy (non-hydrogen) atoms. The van der Waals surface area contributed by atoms with Gasteiger partial charge in [0.2, 0.25) is 12.4 Å². The maximum absolute atomic E-state index is 11.9. The van der Waals surface area contributed by atoms with Crippen LogP contribution in [0, 0.1) is 0 Å². The molecule has 188 valence electrons. The van der Waals surface area contributed by atoms with E-state index < -0.39 is 54.6 Å². The van der Waals surface area contributed by atoms with Gasteiger partial charge in [0, 0.05) is 39.3 Å². The lowest BCUT2D eigenvalue weighted by Crippen LogP contribution is -2.63. The van der Waals surface area contributed by atoms with Crippen LogP contribution in [0.3, 0.4) is 0 Å². The SMILES string of the molecule is CC(=O)OC[C@H]1O[C@@H](Oc2ccc(Cl)c3cccnc23)[C@H](OC(C)=O)[C@@H](OC(C)=O)[C@@H]1OC(C)=O. The van der Waals surface area contributed by atoms with Gasteiger partial charge in [0.05, 0.1) is 5.02 Å². The van der Waals surface area contributed by atoms with Gasteiger partial charge >= 0.3 is 23.9 Å². The van der Waals surface area contributed by atoms with E-state index >= 15 is 0 Å². The van der Waals surface area contributed by atoms with E-state index in [0.717, 1.165) is 20.8 Å². The summed E-state index contributed by atoms with van der Waals surface area (Å²) in [7, 11) is 0. The molecule has 3 rings (SSSR count). The van der Waals surface area contributed by atoms with Gasteiger partial charge in [-0.15, -0.1) is 0 Å². The van der Waals surface area contributed by atoms with Crippen LogP contribution in [0.4, 0.5) is 0 Å². The number of ether oxygens (including phenoxy) is 6. The molecule has 0 radical (unpaired) electrons. The van der Waals surface area contributed by atoms with Crippen molar-refractivity contribution in [3.8, 4) is 5.75 Å². The molecule has 1 aromatic heterocycles. The molecule has 2 heterocycles. The zero-order chi connectivity index (χ0) is 25.7. The van der Waals surface area contributed by atoms with E-state index in [0.29, 0.717) is 15.9 Å². The highest BCUT2D eigenvalue weighted by molar-refractivity contribution is 6.35. The second-order valence-corrected chi connectivity index (χ2v) is 8.04. The first-order valence-corrected chi connectivity index (χ1v) is 10.9. The van der Waals surface area contributed by atoms with Gasteiger partial charge in [-0.3, -0.25) is 24.2 Å². The molecule has 1 aliphatic heterocycles. The highest BCUT2D eigenvalue weighted by Gasteiger charge is 2.53. The van der Waals surface area contributed by atoms with Gasteiger partial charge in [-0.2, -0.15) is 0 Å². The molecule has 0 saturated carbocycles. The summed E-state index contributed by atoms with van der Waals surface area (Å²) in [5.74, 6) is -2.59. The smallest absolute Gasteiger partial charge is 0.303 e. The van der Waals surface area contributed by atoms with Crippen LogP contribution in [-0.4, -0.2) is 66.2 Å². The number of aromatic nitrogens is 1. The fraction of sp³-hybridized carbons (Fsp3) is 0.435. The minimum absolute atomic E-state index is 0.228. The van der Waals surface area contributed by atoms with Crippen molar-refractivity contribution in [1.82, 2.24) is 4.98 Å². The number of benzene rings is 1. The number of hydrogen-bond donors (Lipinski definition) is 0. The van der Waals surface area contributed by atoms with Gasteiger partial charge in [-0.05, 0) is 24.3 Å². The Morgan fingerprint density at radius 2 is 1.51 bits per heavy atom. The summed E-state index contributed by atoms with van der Waals surface area (Å²) in [5, 5.41) is 1.03. The minimum atomic E-state index is -1.37. The van der Waals surface area contributed by atoms with Crippen molar-refractivity contribution >= 4 is 46.4 Å². The Bertz CT molecular complexity index is 1120. The summed E-state index contributed by atoms with van der Waals surface area (Å²) in [6, 6.07) is 6.58.